The van der Waals surface area contributed by atoms with Crippen molar-refractivity contribution in [2.75, 3.05) is 12.3 Å². The summed E-state index contributed by atoms with van der Waals surface area (Å²) in [6.07, 6.45) is 4.20. The quantitative estimate of drug-likeness (QED) is 0.255. The number of aliphatic carboxylic acids is 1. The summed E-state index contributed by atoms with van der Waals surface area (Å²) in [4.78, 5) is 56.5. The van der Waals surface area contributed by atoms with Gasteiger partial charge in [0.15, 0.2) is 0 Å². The number of carbonyl (C=O) groups excluding carboxylic acids is 3. The zero-order chi connectivity index (χ0) is 21.6. The lowest BCUT2D eigenvalue weighted by atomic mass is 10.1. The van der Waals surface area contributed by atoms with E-state index < -0.39 is 47.9 Å². The van der Waals surface area contributed by atoms with Crippen LogP contribution in [0.5, 0.6) is 0 Å². The average Bonchev–Trinajstić information content (AvgIpc) is 3.36. The van der Waals surface area contributed by atoms with E-state index in [4.69, 9.17) is 5.73 Å². The van der Waals surface area contributed by atoms with E-state index in [1.54, 1.807) is 6.20 Å². The number of imidazole rings is 1. The second-order valence-electron chi connectivity index (χ2n) is 6.89. The van der Waals surface area contributed by atoms with Gasteiger partial charge in [-0.15, -0.1) is 0 Å². The minimum atomic E-state index is -1.07. The third-order valence-electron chi connectivity index (χ3n) is 4.70. The lowest BCUT2D eigenvalue weighted by Gasteiger charge is -2.26. The van der Waals surface area contributed by atoms with E-state index in [1.807, 2.05) is 0 Å². The summed E-state index contributed by atoms with van der Waals surface area (Å²) >= 11 is 4.08. The monoisotopic (exact) mass is 426 g/mol. The number of thiol groups is 1. The van der Waals surface area contributed by atoms with E-state index >= 15 is 0 Å². The van der Waals surface area contributed by atoms with Crippen molar-refractivity contribution in [1.29, 1.82) is 0 Å². The molecule has 0 radical (unpaired) electrons. The van der Waals surface area contributed by atoms with E-state index in [0.29, 0.717) is 25.1 Å². The number of carboxylic acid groups (broad SMARTS) is 1. The van der Waals surface area contributed by atoms with Gasteiger partial charge in [0, 0.05) is 30.6 Å². The molecule has 160 valence electrons. The van der Waals surface area contributed by atoms with Crippen molar-refractivity contribution in [1.82, 2.24) is 25.5 Å². The van der Waals surface area contributed by atoms with Crippen molar-refractivity contribution in [3.63, 3.8) is 0 Å². The molecular formula is C17H26N6O5S. The van der Waals surface area contributed by atoms with Gasteiger partial charge in [0.05, 0.1) is 12.4 Å². The number of carboxylic acids is 1. The summed E-state index contributed by atoms with van der Waals surface area (Å²) in [5.41, 5.74) is 6.53. The summed E-state index contributed by atoms with van der Waals surface area (Å²) in [5.74, 6) is -2.70. The minimum absolute atomic E-state index is 0.00325. The maximum absolute atomic E-state index is 12.5. The Labute approximate surface area is 173 Å². The molecule has 11 nitrogen and oxygen atoms in total. The highest BCUT2D eigenvalue weighted by atomic mass is 32.1. The lowest BCUT2D eigenvalue weighted by molar-refractivity contribution is -0.149. The first-order chi connectivity index (χ1) is 13.7. The van der Waals surface area contributed by atoms with E-state index in [1.165, 1.54) is 18.2 Å². The van der Waals surface area contributed by atoms with Crippen LogP contribution in [0, 0.1) is 0 Å². The molecule has 1 aliphatic rings. The number of aromatic nitrogens is 2. The third kappa shape index (κ3) is 5.94. The Morgan fingerprint density at radius 1 is 1.38 bits per heavy atom. The van der Waals surface area contributed by atoms with Crippen molar-refractivity contribution in [2.45, 2.75) is 50.4 Å². The molecule has 2 heterocycles. The van der Waals surface area contributed by atoms with Gasteiger partial charge < -0.3 is 31.4 Å². The fraction of sp³-hybridized carbons (Fsp3) is 0.588. The molecular weight excluding hydrogens is 400 g/mol. The van der Waals surface area contributed by atoms with Crippen LogP contribution in [0.1, 0.15) is 25.5 Å². The van der Waals surface area contributed by atoms with Crippen LogP contribution in [-0.2, 0) is 25.6 Å². The molecule has 4 unspecified atom stereocenters. The van der Waals surface area contributed by atoms with Gasteiger partial charge in [0.2, 0.25) is 17.7 Å². The van der Waals surface area contributed by atoms with Crippen molar-refractivity contribution >= 4 is 36.3 Å². The minimum Gasteiger partial charge on any atom is -0.480 e. The number of hydrogen-bond donors (Lipinski definition) is 6. The summed E-state index contributed by atoms with van der Waals surface area (Å²) in [5, 5.41) is 14.2. The number of hydrogen-bond acceptors (Lipinski definition) is 7. The number of rotatable bonds is 9. The van der Waals surface area contributed by atoms with Crippen molar-refractivity contribution in [3.8, 4) is 0 Å². The van der Waals surface area contributed by atoms with E-state index in [2.05, 4.69) is 33.2 Å². The Kier molecular flexibility index (Phi) is 8.02. The molecule has 3 amide bonds. The first kappa shape index (κ1) is 22.7. The van der Waals surface area contributed by atoms with Gasteiger partial charge in [-0.25, -0.2) is 9.78 Å². The predicted molar refractivity (Wildman–Crippen MR) is 106 cm³/mol. The second kappa shape index (κ2) is 10.3. The molecule has 1 aromatic rings. The van der Waals surface area contributed by atoms with Gasteiger partial charge in [-0.3, -0.25) is 14.4 Å². The van der Waals surface area contributed by atoms with Crippen LogP contribution in [0.15, 0.2) is 12.5 Å². The smallest absolute Gasteiger partial charge is 0.326 e. The molecule has 2 rings (SSSR count). The molecule has 0 aromatic carbocycles. The molecule has 4 atom stereocenters. The Hall–Kier alpha value is -2.60. The van der Waals surface area contributed by atoms with Gasteiger partial charge >= 0.3 is 5.97 Å². The van der Waals surface area contributed by atoms with Crippen LogP contribution in [0.25, 0.3) is 0 Å². The zero-order valence-electron chi connectivity index (χ0n) is 16.0. The molecule has 6 N–H and O–H groups in total. The van der Waals surface area contributed by atoms with Crippen LogP contribution in [0.2, 0.25) is 0 Å². The molecule has 0 aliphatic carbocycles. The van der Waals surface area contributed by atoms with Gasteiger partial charge in [0.1, 0.15) is 18.1 Å². The number of nitrogens with one attached hydrogen (secondary N) is 3. The SMILES string of the molecule is CC(NC(=O)C(CS)NC(=O)C(N)Cc1cnc[nH]1)C(=O)N1CCCC1C(=O)O. The number of likely N-dealkylation sites (tertiary alicyclic amines) is 1. The van der Waals surface area contributed by atoms with Gasteiger partial charge in [-0.2, -0.15) is 12.6 Å². The molecule has 1 aromatic heterocycles. The third-order valence-corrected chi connectivity index (χ3v) is 5.06. The molecule has 0 saturated carbocycles. The summed E-state index contributed by atoms with van der Waals surface area (Å²) in [6.45, 7) is 1.80. The number of carbonyl (C=O) groups is 4. The Bertz CT molecular complexity index is 743. The highest BCUT2D eigenvalue weighted by Gasteiger charge is 2.36. The highest BCUT2D eigenvalue weighted by Crippen LogP contribution is 2.18. The summed E-state index contributed by atoms with van der Waals surface area (Å²) in [7, 11) is 0. The second-order valence-corrected chi connectivity index (χ2v) is 7.25. The Morgan fingerprint density at radius 3 is 2.69 bits per heavy atom. The first-order valence-corrected chi connectivity index (χ1v) is 9.85. The van der Waals surface area contributed by atoms with Crippen molar-refractivity contribution in [3.05, 3.63) is 18.2 Å². The number of amides is 3. The number of H-pyrrole nitrogens is 1. The fourth-order valence-electron chi connectivity index (χ4n) is 3.11. The number of aromatic amines is 1. The molecule has 29 heavy (non-hydrogen) atoms. The molecule has 1 aliphatic heterocycles. The summed E-state index contributed by atoms with van der Waals surface area (Å²) < 4.78 is 0. The van der Waals surface area contributed by atoms with Gasteiger partial charge in [-0.1, -0.05) is 0 Å². The lowest BCUT2D eigenvalue weighted by Crippen LogP contribution is -2.57. The van der Waals surface area contributed by atoms with Gasteiger partial charge in [0.25, 0.3) is 0 Å². The van der Waals surface area contributed by atoms with Crippen LogP contribution < -0.4 is 16.4 Å². The topological polar surface area (TPSA) is 171 Å². The Balaban J connectivity index is 1.90. The van der Waals surface area contributed by atoms with Crippen LogP contribution in [-0.4, -0.2) is 80.1 Å². The normalized spacial score (nSPS) is 19.3. The first-order valence-electron chi connectivity index (χ1n) is 9.22. The average molecular weight is 426 g/mol. The van der Waals surface area contributed by atoms with E-state index in [-0.39, 0.29) is 12.2 Å². The van der Waals surface area contributed by atoms with Crippen molar-refractivity contribution < 1.29 is 24.3 Å². The zero-order valence-corrected chi connectivity index (χ0v) is 16.9. The Morgan fingerprint density at radius 2 is 2.10 bits per heavy atom. The highest BCUT2D eigenvalue weighted by molar-refractivity contribution is 7.80. The van der Waals surface area contributed by atoms with Crippen molar-refractivity contribution in [2.24, 2.45) is 5.73 Å². The maximum atomic E-state index is 12.5. The van der Waals surface area contributed by atoms with Crippen LogP contribution in [0.4, 0.5) is 0 Å². The predicted octanol–water partition coefficient (Wildman–Crippen LogP) is -1.73. The molecule has 0 spiro atoms. The molecule has 1 fully saturated rings. The van der Waals surface area contributed by atoms with E-state index in [0.717, 1.165) is 0 Å². The number of nitrogens with zero attached hydrogens (tertiary/aromatic N) is 2. The van der Waals surface area contributed by atoms with E-state index in [9.17, 15) is 24.3 Å². The maximum Gasteiger partial charge on any atom is 0.326 e. The molecule has 12 heteroatoms. The van der Waals surface area contributed by atoms with Crippen LogP contribution in [0.3, 0.4) is 0 Å². The number of nitrogens with two attached hydrogens (primary N) is 1. The largest absolute Gasteiger partial charge is 0.480 e. The summed E-state index contributed by atoms with van der Waals surface area (Å²) in [6, 6.07) is -3.73. The molecule has 0 bridgehead atoms. The molecule has 1 saturated heterocycles. The van der Waals surface area contributed by atoms with Crippen LogP contribution >= 0.6 is 12.6 Å². The fourth-order valence-corrected chi connectivity index (χ4v) is 3.37. The van der Waals surface area contributed by atoms with Gasteiger partial charge in [-0.05, 0) is 19.8 Å². The standard InChI is InChI=1S/C17H26N6O5S/c1-9(16(26)23-4-2-3-13(23)17(27)28)21-15(25)12(7-29)22-14(24)11(18)5-10-6-19-8-20-10/h6,8-9,11-13,29H,2-5,7,18H2,1H3,(H,19,20)(H,21,25)(H,22,24)(H,27,28).